The molecule has 1 aromatic heterocycles. The van der Waals surface area contributed by atoms with Crippen molar-refractivity contribution in [2.24, 2.45) is 0 Å². The van der Waals surface area contributed by atoms with Crippen LogP contribution in [0.5, 0.6) is 5.75 Å². The molecular weight excluding hydrogens is 282 g/mol. The molecule has 114 valence electrons. The molecule has 0 atom stereocenters. The minimum Gasteiger partial charge on any atom is -0.495 e. The van der Waals surface area contributed by atoms with Crippen LogP contribution in [0.4, 0.5) is 11.5 Å². The second-order valence-electron chi connectivity index (χ2n) is 4.78. The number of ether oxygens (including phenoxy) is 1. The van der Waals surface area contributed by atoms with E-state index in [1.807, 2.05) is 13.0 Å². The van der Waals surface area contributed by atoms with E-state index in [9.17, 15) is 9.59 Å². The summed E-state index contributed by atoms with van der Waals surface area (Å²) in [4.78, 5) is 28.0. The van der Waals surface area contributed by atoms with E-state index in [1.165, 1.54) is 7.11 Å². The maximum absolute atomic E-state index is 12.0. The van der Waals surface area contributed by atoms with Crippen molar-refractivity contribution in [2.75, 3.05) is 17.7 Å². The number of hydrogen-bond acceptors (Lipinski definition) is 4. The SMILES string of the molecule is COc1ccc(C)cc1NC(=O)C(=O)Nc1cccc(C)n1. The molecule has 2 amide bonds. The van der Waals surface area contributed by atoms with Crippen LogP contribution in [0.3, 0.4) is 0 Å². The molecule has 0 aliphatic carbocycles. The lowest BCUT2D eigenvalue weighted by atomic mass is 10.2. The summed E-state index contributed by atoms with van der Waals surface area (Å²) in [5, 5.41) is 4.99. The average molecular weight is 299 g/mol. The third-order valence-corrected chi connectivity index (χ3v) is 2.94. The first-order valence-electron chi connectivity index (χ1n) is 6.70. The topological polar surface area (TPSA) is 80.3 Å². The monoisotopic (exact) mass is 299 g/mol. The highest BCUT2D eigenvalue weighted by atomic mass is 16.5. The number of rotatable bonds is 3. The summed E-state index contributed by atoms with van der Waals surface area (Å²) in [5.41, 5.74) is 2.13. The minimum absolute atomic E-state index is 0.330. The van der Waals surface area contributed by atoms with Crippen LogP contribution in [-0.4, -0.2) is 23.9 Å². The summed E-state index contributed by atoms with van der Waals surface area (Å²) in [6.45, 7) is 3.68. The van der Waals surface area contributed by atoms with Crippen molar-refractivity contribution in [1.82, 2.24) is 4.98 Å². The number of nitrogens with one attached hydrogen (secondary N) is 2. The lowest BCUT2D eigenvalue weighted by molar-refractivity contribution is -0.133. The number of carbonyl (C=O) groups excluding carboxylic acids is 2. The summed E-state index contributed by atoms with van der Waals surface area (Å²) in [7, 11) is 1.50. The lowest BCUT2D eigenvalue weighted by Crippen LogP contribution is -2.29. The molecule has 0 aliphatic heterocycles. The van der Waals surface area contributed by atoms with Gasteiger partial charge < -0.3 is 15.4 Å². The number of benzene rings is 1. The van der Waals surface area contributed by atoms with E-state index in [0.717, 1.165) is 11.3 Å². The van der Waals surface area contributed by atoms with Crippen molar-refractivity contribution in [3.63, 3.8) is 0 Å². The first kappa shape index (κ1) is 15.5. The third-order valence-electron chi connectivity index (χ3n) is 2.94. The molecule has 0 unspecified atom stereocenters. The van der Waals surface area contributed by atoms with Crippen LogP contribution in [0.15, 0.2) is 36.4 Å². The third kappa shape index (κ3) is 3.82. The first-order chi connectivity index (χ1) is 10.5. The summed E-state index contributed by atoms with van der Waals surface area (Å²) in [6.07, 6.45) is 0. The van der Waals surface area contributed by atoms with Gasteiger partial charge >= 0.3 is 11.8 Å². The lowest BCUT2D eigenvalue weighted by Gasteiger charge is -2.11. The smallest absolute Gasteiger partial charge is 0.315 e. The van der Waals surface area contributed by atoms with E-state index < -0.39 is 11.8 Å². The van der Waals surface area contributed by atoms with Crippen LogP contribution < -0.4 is 15.4 Å². The van der Waals surface area contributed by atoms with Gasteiger partial charge in [0.15, 0.2) is 0 Å². The fourth-order valence-corrected chi connectivity index (χ4v) is 1.88. The van der Waals surface area contributed by atoms with E-state index in [2.05, 4.69) is 15.6 Å². The number of carbonyl (C=O) groups is 2. The highest BCUT2D eigenvalue weighted by Gasteiger charge is 2.16. The Hall–Kier alpha value is -2.89. The summed E-state index contributed by atoms with van der Waals surface area (Å²) in [5.74, 6) is -0.759. The van der Waals surface area contributed by atoms with E-state index in [0.29, 0.717) is 17.3 Å². The van der Waals surface area contributed by atoms with Gasteiger partial charge in [-0.1, -0.05) is 12.1 Å². The van der Waals surface area contributed by atoms with Crippen molar-refractivity contribution < 1.29 is 14.3 Å². The van der Waals surface area contributed by atoms with E-state index >= 15 is 0 Å². The number of nitrogens with zero attached hydrogens (tertiary/aromatic N) is 1. The Balaban J connectivity index is 2.09. The largest absolute Gasteiger partial charge is 0.495 e. The Bertz CT molecular complexity index is 714. The molecule has 2 rings (SSSR count). The van der Waals surface area contributed by atoms with Crippen molar-refractivity contribution in [1.29, 1.82) is 0 Å². The predicted molar refractivity (Wildman–Crippen MR) is 84.0 cm³/mol. The Morgan fingerprint density at radius 1 is 1.05 bits per heavy atom. The Morgan fingerprint density at radius 2 is 1.77 bits per heavy atom. The molecule has 0 aliphatic rings. The van der Waals surface area contributed by atoms with Crippen molar-refractivity contribution in [3.05, 3.63) is 47.7 Å². The second kappa shape index (κ2) is 6.71. The van der Waals surface area contributed by atoms with E-state index in [-0.39, 0.29) is 0 Å². The molecule has 2 N–H and O–H groups in total. The fourth-order valence-electron chi connectivity index (χ4n) is 1.88. The second-order valence-corrected chi connectivity index (χ2v) is 4.78. The van der Waals surface area contributed by atoms with Gasteiger partial charge in [0.05, 0.1) is 12.8 Å². The number of pyridine rings is 1. The van der Waals surface area contributed by atoms with Gasteiger partial charge in [0.25, 0.3) is 0 Å². The van der Waals surface area contributed by atoms with Gasteiger partial charge in [0.2, 0.25) is 0 Å². The fraction of sp³-hybridized carbons (Fsp3) is 0.188. The normalized spacial score (nSPS) is 9.95. The number of amides is 2. The highest BCUT2D eigenvalue weighted by molar-refractivity contribution is 6.43. The van der Waals surface area contributed by atoms with Crippen LogP contribution in [0.25, 0.3) is 0 Å². The molecule has 0 saturated heterocycles. The van der Waals surface area contributed by atoms with Gasteiger partial charge in [-0.25, -0.2) is 4.98 Å². The number of methoxy groups -OCH3 is 1. The molecule has 0 fully saturated rings. The highest BCUT2D eigenvalue weighted by Crippen LogP contribution is 2.25. The molecule has 0 radical (unpaired) electrons. The molecule has 22 heavy (non-hydrogen) atoms. The van der Waals surface area contributed by atoms with Gasteiger partial charge in [-0.15, -0.1) is 0 Å². The zero-order chi connectivity index (χ0) is 16.1. The Kier molecular flexibility index (Phi) is 4.73. The van der Waals surface area contributed by atoms with Crippen LogP contribution >= 0.6 is 0 Å². The maximum atomic E-state index is 12.0. The zero-order valence-corrected chi connectivity index (χ0v) is 12.6. The van der Waals surface area contributed by atoms with Crippen LogP contribution in [0.1, 0.15) is 11.3 Å². The molecule has 1 aromatic carbocycles. The minimum atomic E-state index is -0.790. The van der Waals surface area contributed by atoms with Gasteiger partial charge in [0.1, 0.15) is 11.6 Å². The van der Waals surface area contributed by atoms with E-state index in [1.54, 1.807) is 37.3 Å². The molecule has 0 spiro atoms. The molecule has 0 saturated carbocycles. The van der Waals surface area contributed by atoms with Crippen molar-refractivity contribution >= 4 is 23.3 Å². The number of aromatic nitrogens is 1. The predicted octanol–water partition coefficient (Wildman–Crippen LogP) is 2.28. The molecule has 1 heterocycles. The number of aryl methyl sites for hydroxylation is 2. The summed E-state index contributed by atoms with van der Waals surface area (Å²) >= 11 is 0. The molecule has 2 aromatic rings. The van der Waals surface area contributed by atoms with Gasteiger partial charge in [0, 0.05) is 5.69 Å². The summed E-state index contributed by atoms with van der Waals surface area (Å²) in [6, 6.07) is 10.5. The molecule has 6 nitrogen and oxygen atoms in total. The maximum Gasteiger partial charge on any atom is 0.315 e. The van der Waals surface area contributed by atoms with Gasteiger partial charge in [-0.3, -0.25) is 9.59 Å². The number of hydrogen-bond donors (Lipinski definition) is 2. The quantitative estimate of drug-likeness (QED) is 0.852. The molecule has 6 heteroatoms. The van der Waals surface area contributed by atoms with Crippen LogP contribution in [0.2, 0.25) is 0 Å². The van der Waals surface area contributed by atoms with Crippen LogP contribution in [-0.2, 0) is 9.59 Å². The van der Waals surface area contributed by atoms with Crippen molar-refractivity contribution in [3.8, 4) is 5.75 Å². The van der Waals surface area contributed by atoms with Crippen LogP contribution in [0, 0.1) is 13.8 Å². The molecule has 0 bridgehead atoms. The zero-order valence-electron chi connectivity index (χ0n) is 12.6. The average Bonchev–Trinajstić information content (AvgIpc) is 2.47. The van der Waals surface area contributed by atoms with Gasteiger partial charge in [-0.2, -0.15) is 0 Å². The number of anilines is 2. The Morgan fingerprint density at radius 3 is 2.45 bits per heavy atom. The van der Waals surface area contributed by atoms with E-state index in [4.69, 9.17) is 4.74 Å². The van der Waals surface area contributed by atoms with Gasteiger partial charge in [-0.05, 0) is 43.7 Å². The summed E-state index contributed by atoms with van der Waals surface area (Å²) < 4.78 is 5.16. The molecular formula is C16H17N3O3. The van der Waals surface area contributed by atoms with Crippen molar-refractivity contribution in [2.45, 2.75) is 13.8 Å². The first-order valence-corrected chi connectivity index (χ1v) is 6.70. The Labute approximate surface area is 128 Å². The standard InChI is InChI=1S/C16H17N3O3/c1-10-7-8-13(22-3)12(9-10)18-15(20)16(21)19-14-6-4-5-11(2)17-14/h4-9H,1-3H3,(H,18,20)(H,17,19,21).